The van der Waals surface area contributed by atoms with Crippen LogP contribution < -0.4 is 5.73 Å². The van der Waals surface area contributed by atoms with Crippen LogP contribution in [0.3, 0.4) is 0 Å². The van der Waals surface area contributed by atoms with E-state index < -0.39 is 0 Å². The van der Waals surface area contributed by atoms with E-state index in [1.165, 1.54) is 38.5 Å². The van der Waals surface area contributed by atoms with E-state index in [9.17, 15) is 0 Å². The molecule has 1 saturated heterocycles. The van der Waals surface area contributed by atoms with Crippen molar-refractivity contribution < 1.29 is 4.74 Å². The summed E-state index contributed by atoms with van der Waals surface area (Å²) >= 11 is 0. The van der Waals surface area contributed by atoms with Crippen LogP contribution in [-0.2, 0) is 4.74 Å². The molecule has 1 saturated carbocycles. The molecule has 0 aromatic carbocycles. The molecule has 0 aromatic rings. The fourth-order valence-electron chi connectivity index (χ4n) is 3.67. The lowest BCUT2D eigenvalue weighted by atomic mass is 9.89. The number of rotatable bonds is 3. The number of nitrogens with zero attached hydrogens (tertiary/aromatic N) is 1. The van der Waals surface area contributed by atoms with Crippen LogP contribution in [0.4, 0.5) is 0 Å². The zero-order valence-electron chi connectivity index (χ0n) is 12.2. The zero-order chi connectivity index (χ0) is 13.0. The fraction of sp³-hybridized carbons (Fsp3) is 1.00. The van der Waals surface area contributed by atoms with Crippen LogP contribution in [0.1, 0.15) is 52.4 Å². The predicted octanol–water partition coefficient (Wildman–Crippen LogP) is 2.39. The Labute approximate surface area is 112 Å². The molecule has 1 aliphatic heterocycles. The number of ether oxygens (including phenoxy) is 1. The fourth-order valence-corrected chi connectivity index (χ4v) is 3.67. The van der Waals surface area contributed by atoms with Gasteiger partial charge in [-0.3, -0.25) is 4.90 Å². The second-order valence-corrected chi connectivity index (χ2v) is 6.63. The Hall–Kier alpha value is -0.120. The van der Waals surface area contributed by atoms with E-state index in [0.29, 0.717) is 6.04 Å². The largest absolute Gasteiger partial charge is 0.373 e. The average molecular weight is 254 g/mol. The van der Waals surface area contributed by atoms with Crippen LogP contribution in [0.5, 0.6) is 0 Å². The van der Waals surface area contributed by atoms with Gasteiger partial charge in [-0.1, -0.05) is 25.7 Å². The molecule has 106 valence electrons. The maximum absolute atomic E-state index is 6.09. The summed E-state index contributed by atoms with van der Waals surface area (Å²) in [4.78, 5) is 2.60. The third-order valence-corrected chi connectivity index (χ3v) is 4.61. The normalized spacial score (nSPS) is 28.8. The number of hydrogen-bond acceptors (Lipinski definition) is 3. The smallest absolute Gasteiger partial charge is 0.0753 e. The van der Waals surface area contributed by atoms with Gasteiger partial charge in [-0.25, -0.2) is 0 Å². The van der Waals surface area contributed by atoms with Gasteiger partial charge in [0.05, 0.1) is 12.2 Å². The molecular weight excluding hydrogens is 224 g/mol. The Kier molecular flexibility index (Phi) is 5.05. The quantitative estimate of drug-likeness (QED) is 0.786. The molecule has 0 aromatic heterocycles. The minimum absolute atomic E-state index is 0.00357. The second kappa shape index (κ2) is 6.36. The average Bonchev–Trinajstić information content (AvgIpc) is 2.58. The Balaban J connectivity index is 1.98. The SMILES string of the molecule is CC1(C)CN(C(CN)C2CCCCCC2)CCO1. The van der Waals surface area contributed by atoms with Crippen molar-refractivity contribution in [3.05, 3.63) is 0 Å². The van der Waals surface area contributed by atoms with Gasteiger partial charge in [-0.05, 0) is 32.6 Å². The van der Waals surface area contributed by atoms with Gasteiger partial charge in [0.15, 0.2) is 0 Å². The van der Waals surface area contributed by atoms with Gasteiger partial charge in [-0.15, -0.1) is 0 Å². The molecule has 1 aliphatic carbocycles. The van der Waals surface area contributed by atoms with Crippen LogP contribution in [0.2, 0.25) is 0 Å². The number of hydrogen-bond donors (Lipinski definition) is 1. The first-order chi connectivity index (χ1) is 8.62. The van der Waals surface area contributed by atoms with Crippen molar-refractivity contribution in [3.8, 4) is 0 Å². The van der Waals surface area contributed by atoms with Crippen molar-refractivity contribution >= 4 is 0 Å². The molecule has 2 aliphatic rings. The summed E-state index contributed by atoms with van der Waals surface area (Å²) in [5.41, 5.74) is 6.09. The second-order valence-electron chi connectivity index (χ2n) is 6.63. The van der Waals surface area contributed by atoms with E-state index in [-0.39, 0.29) is 5.60 Å². The van der Waals surface area contributed by atoms with Crippen LogP contribution in [-0.4, -0.2) is 42.8 Å². The number of morpholine rings is 1. The highest BCUT2D eigenvalue weighted by Crippen LogP contribution is 2.30. The van der Waals surface area contributed by atoms with Crippen LogP contribution in [0.25, 0.3) is 0 Å². The molecule has 1 unspecified atom stereocenters. The van der Waals surface area contributed by atoms with E-state index in [2.05, 4.69) is 18.7 Å². The molecule has 3 heteroatoms. The molecule has 2 fully saturated rings. The first-order valence-corrected chi connectivity index (χ1v) is 7.70. The molecule has 2 rings (SSSR count). The Bertz CT molecular complexity index is 247. The van der Waals surface area contributed by atoms with Crippen LogP contribution >= 0.6 is 0 Å². The molecular formula is C15H30N2O. The van der Waals surface area contributed by atoms with Gasteiger partial charge in [0.1, 0.15) is 0 Å². The first kappa shape index (κ1) is 14.3. The summed E-state index contributed by atoms with van der Waals surface area (Å²) in [7, 11) is 0. The zero-order valence-corrected chi connectivity index (χ0v) is 12.2. The summed E-state index contributed by atoms with van der Waals surface area (Å²) in [6.45, 7) is 8.14. The summed E-state index contributed by atoms with van der Waals surface area (Å²) in [5, 5.41) is 0. The highest BCUT2D eigenvalue weighted by Gasteiger charge is 2.34. The summed E-state index contributed by atoms with van der Waals surface area (Å²) in [5.74, 6) is 0.811. The lowest BCUT2D eigenvalue weighted by Crippen LogP contribution is -2.56. The van der Waals surface area contributed by atoms with E-state index >= 15 is 0 Å². The third-order valence-electron chi connectivity index (χ3n) is 4.61. The highest BCUT2D eigenvalue weighted by atomic mass is 16.5. The van der Waals surface area contributed by atoms with Gasteiger partial charge in [0.2, 0.25) is 0 Å². The lowest BCUT2D eigenvalue weighted by Gasteiger charge is -2.44. The van der Waals surface area contributed by atoms with Crippen LogP contribution in [0.15, 0.2) is 0 Å². The van der Waals surface area contributed by atoms with Crippen molar-refractivity contribution in [1.82, 2.24) is 4.90 Å². The molecule has 18 heavy (non-hydrogen) atoms. The molecule has 0 bridgehead atoms. The lowest BCUT2D eigenvalue weighted by molar-refractivity contribution is -0.102. The Morgan fingerprint density at radius 2 is 1.89 bits per heavy atom. The molecule has 2 N–H and O–H groups in total. The number of nitrogens with two attached hydrogens (primary N) is 1. The van der Waals surface area contributed by atoms with Gasteiger partial charge in [-0.2, -0.15) is 0 Å². The minimum Gasteiger partial charge on any atom is -0.373 e. The van der Waals surface area contributed by atoms with E-state index in [4.69, 9.17) is 10.5 Å². The minimum atomic E-state index is -0.00357. The predicted molar refractivity (Wildman–Crippen MR) is 75.6 cm³/mol. The van der Waals surface area contributed by atoms with Gasteiger partial charge in [0, 0.05) is 25.7 Å². The van der Waals surface area contributed by atoms with Gasteiger partial charge in [0.25, 0.3) is 0 Å². The third kappa shape index (κ3) is 3.69. The van der Waals surface area contributed by atoms with Crippen molar-refractivity contribution in [1.29, 1.82) is 0 Å². The Morgan fingerprint density at radius 3 is 2.44 bits per heavy atom. The maximum Gasteiger partial charge on any atom is 0.0753 e. The van der Waals surface area contributed by atoms with E-state index in [0.717, 1.165) is 32.2 Å². The van der Waals surface area contributed by atoms with Gasteiger partial charge < -0.3 is 10.5 Å². The molecule has 3 nitrogen and oxygen atoms in total. The first-order valence-electron chi connectivity index (χ1n) is 7.70. The summed E-state index contributed by atoms with van der Waals surface area (Å²) in [6, 6.07) is 0.575. The summed E-state index contributed by atoms with van der Waals surface area (Å²) < 4.78 is 5.82. The summed E-state index contributed by atoms with van der Waals surface area (Å²) in [6.07, 6.45) is 8.38. The van der Waals surface area contributed by atoms with Crippen molar-refractivity contribution in [2.75, 3.05) is 26.2 Å². The molecule has 1 heterocycles. The van der Waals surface area contributed by atoms with Crippen molar-refractivity contribution in [3.63, 3.8) is 0 Å². The van der Waals surface area contributed by atoms with Crippen LogP contribution in [0, 0.1) is 5.92 Å². The highest BCUT2D eigenvalue weighted by molar-refractivity contribution is 4.88. The monoisotopic (exact) mass is 254 g/mol. The Morgan fingerprint density at radius 1 is 1.22 bits per heavy atom. The van der Waals surface area contributed by atoms with Crippen molar-refractivity contribution in [2.45, 2.75) is 64.0 Å². The topological polar surface area (TPSA) is 38.5 Å². The molecule has 0 radical (unpaired) electrons. The molecule has 1 atom stereocenters. The molecule has 0 spiro atoms. The molecule has 0 amide bonds. The van der Waals surface area contributed by atoms with E-state index in [1.807, 2.05) is 0 Å². The van der Waals surface area contributed by atoms with Gasteiger partial charge >= 0.3 is 0 Å². The van der Waals surface area contributed by atoms with E-state index in [1.54, 1.807) is 0 Å². The standard InChI is InChI=1S/C15H30N2O/c1-15(2)12-17(9-10-18-15)14(11-16)13-7-5-3-4-6-8-13/h13-14H,3-12,16H2,1-2H3. The maximum atomic E-state index is 6.09. The van der Waals surface area contributed by atoms with Crippen molar-refractivity contribution in [2.24, 2.45) is 11.7 Å².